The molecule has 0 N–H and O–H groups in total. The molecule has 2 saturated carbocycles. The van der Waals surface area contributed by atoms with Crippen molar-refractivity contribution >= 4 is 0 Å². The van der Waals surface area contributed by atoms with Crippen molar-refractivity contribution in [3.05, 3.63) is 11.6 Å². The van der Waals surface area contributed by atoms with Crippen LogP contribution in [0.2, 0.25) is 0 Å². The molecule has 0 aromatic rings. The molecule has 0 saturated heterocycles. The minimum absolute atomic E-state index is 0.554. The summed E-state index contributed by atoms with van der Waals surface area (Å²) < 4.78 is 5.55. The van der Waals surface area contributed by atoms with Gasteiger partial charge >= 0.3 is 0 Å². The van der Waals surface area contributed by atoms with Crippen molar-refractivity contribution in [2.24, 2.45) is 23.7 Å². The van der Waals surface area contributed by atoms with E-state index >= 15 is 0 Å². The fourth-order valence-electron chi connectivity index (χ4n) is 5.97. The zero-order valence-corrected chi connectivity index (χ0v) is 17.0. The first-order valence-electron chi connectivity index (χ1n) is 11.5. The van der Waals surface area contributed by atoms with Crippen LogP contribution in [0.5, 0.6) is 0 Å². The smallest absolute Gasteiger partial charge is 0.0571 e. The highest BCUT2D eigenvalue weighted by atomic mass is 16.5. The van der Waals surface area contributed by atoms with E-state index in [4.69, 9.17) is 4.74 Å². The second-order valence-electron chi connectivity index (χ2n) is 9.30. The molecule has 1 atom stereocenters. The van der Waals surface area contributed by atoms with Crippen LogP contribution in [0.3, 0.4) is 0 Å². The van der Waals surface area contributed by atoms with Crippen molar-refractivity contribution in [1.82, 2.24) is 0 Å². The molecule has 1 unspecified atom stereocenters. The Morgan fingerprint density at radius 3 is 2.24 bits per heavy atom. The second-order valence-corrected chi connectivity index (χ2v) is 9.30. The summed E-state index contributed by atoms with van der Waals surface area (Å²) in [6.45, 7) is 2.32. The van der Waals surface area contributed by atoms with Crippen LogP contribution in [0, 0.1) is 23.7 Å². The van der Waals surface area contributed by atoms with Gasteiger partial charge in [-0.15, -0.1) is 0 Å². The Labute approximate surface area is 157 Å². The molecule has 1 heteroatoms. The maximum atomic E-state index is 5.55. The van der Waals surface area contributed by atoms with Gasteiger partial charge in [0.25, 0.3) is 0 Å². The predicted molar refractivity (Wildman–Crippen MR) is 108 cm³/mol. The Morgan fingerprint density at radius 2 is 1.64 bits per heavy atom. The molecule has 0 radical (unpaired) electrons. The molecule has 0 bridgehead atoms. The molecule has 3 aliphatic carbocycles. The number of hydrogen-bond donors (Lipinski definition) is 0. The van der Waals surface area contributed by atoms with Gasteiger partial charge in [0.05, 0.1) is 6.10 Å². The van der Waals surface area contributed by atoms with E-state index < -0.39 is 0 Å². The highest BCUT2D eigenvalue weighted by Gasteiger charge is 2.30. The van der Waals surface area contributed by atoms with Crippen molar-refractivity contribution in [3.8, 4) is 0 Å². The zero-order chi connectivity index (χ0) is 17.5. The van der Waals surface area contributed by atoms with Crippen LogP contribution in [0.25, 0.3) is 0 Å². The van der Waals surface area contributed by atoms with Gasteiger partial charge in [0.1, 0.15) is 0 Å². The van der Waals surface area contributed by atoms with E-state index in [2.05, 4.69) is 13.0 Å². The lowest BCUT2D eigenvalue weighted by Crippen LogP contribution is -2.27. The molecule has 25 heavy (non-hydrogen) atoms. The van der Waals surface area contributed by atoms with E-state index in [0.29, 0.717) is 6.10 Å². The van der Waals surface area contributed by atoms with Gasteiger partial charge in [-0.05, 0) is 94.3 Å². The summed E-state index contributed by atoms with van der Waals surface area (Å²) in [5, 5.41) is 0. The number of unbranched alkanes of at least 4 members (excludes halogenated alkanes) is 2. The number of methoxy groups -OCH3 is 1. The van der Waals surface area contributed by atoms with E-state index in [1.165, 1.54) is 96.3 Å². The van der Waals surface area contributed by atoms with Gasteiger partial charge in [0, 0.05) is 7.11 Å². The molecule has 0 aromatic heterocycles. The molecule has 0 aliphatic heterocycles. The number of rotatable bonds is 7. The Bertz CT molecular complexity index is 396. The molecule has 0 spiro atoms. The normalized spacial score (nSPS) is 36.9. The molecular weight excluding hydrogens is 304 g/mol. The first-order chi connectivity index (χ1) is 12.3. The van der Waals surface area contributed by atoms with Crippen molar-refractivity contribution in [3.63, 3.8) is 0 Å². The fourth-order valence-corrected chi connectivity index (χ4v) is 5.97. The Kier molecular flexibility index (Phi) is 7.90. The van der Waals surface area contributed by atoms with Gasteiger partial charge in [0.15, 0.2) is 0 Å². The average molecular weight is 347 g/mol. The maximum absolute atomic E-state index is 5.55. The van der Waals surface area contributed by atoms with E-state index in [1.807, 2.05) is 12.7 Å². The summed E-state index contributed by atoms with van der Waals surface area (Å²) in [6, 6.07) is 0. The number of hydrogen-bond acceptors (Lipinski definition) is 1. The summed E-state index contributed by atoms with van der Waals surface area (Å²) >= 11 is 0. The highest BCUT2D eigenvalue weighted by Crippen LogP contribution is 2.43. The molecular formula is C24H42O. The van der Waals surface area contributed by atoms with Crippen LogP contribution >= 0.6 is 0 Å². The van der Waals surface area contributed by atoms with Gasteiger partial charge in [-0.2, -0.15) is 0 Å². The highest BCUT2D eigenvalue weighted by molar-refractivity contribution is 5.12. The van der Waals surface area contributed by atoms with Crippen LogP contribution in [-0.2, 0) is 4.74 Å². The molecule has 0 heterocycles. The Balaban J connectivity index is 1.39. The molecule has 144 valence electrons. The van der Waals surface area contributed by atoms with Gasteiger partial charge in [-0.3, -0.25) is 0 Å². The van der Waals surface area contributed by atoms with Crippen LogP contribution in [0.15, 0.2) is 11.6 Å². The summed E-state index contributed by atoms with van der Waals surface area (Å²) in [6.07, 6.45) is 24.8. The Morgan fingerprint density at radius 1 is 0.880 bits per heavy atom. The lowest BCUT2D eigenvalue weighted by molar-refractivity contribution is 0.0449. The SMILES string of the molecule is CCCCCC1CCC(C2=CCC(C3CCC(OC)CC3)CC2)CC1. The van der Waals surface area contributed by atoms with Crippen molar-refractivity contribution < 1.29 is 4.74 Å². The molecule has 1 nitrogen and oxygen atoms in total. The van der Waals surface area contributed by atoms with Crippen LogP contribution < -0.4 is 0 Å². The van der Waals surface area contributed by atoms with E-state index in [1.54, 1.807) is 0 Å². The van der Waals surface area contributed by atoms with E-state index in [9.17, 15) is 0 Å². The summed E-state index contributed by atoms with van der Waals surface area (Å²) in [5.74, 6) is 3.97. The largest absolute Gasteiger partial charge is 0.381 e. The lowest BCUT2D eigenvalue weighted by atomic mass is 9.69. The summed E-state index contributed by atoms with van der Waals surface area (Å²) in [7, 11) is 1.89. The lowest BCUT2D eigenvalue weighted by Gasteiger charge is -2.37. The monoisotopic (exact) mass is 346 g/mol. The molecule has 0 amide bonds. The molecule has 3 rings (SSSR count). The first kappa shape index (κ1) is 19.5. The van der Waals surface area contributed by atoms with Crippen LogP contribution in [-0.4, -0.2) is 13.2 Å². The van der Waals surface area contributed by atoms with E-state index in [-0.39, 0.29) is 0 Å². The van der Waals surface area contributed by atoms with E-state index in [0.717, 1.165) is 23.7 Å². The van der Waals surface area contributed by atoms with Crippen molar-refractivity contribution in [2.45, 2.75) is 109 Å². The predicted octanol–water partition coefficient (Wildman–Crippen LogP) is 7.30. The van der Waals surface area contributed by atoms with Gasteiger partial charge < -0.3 is 4.74 Å². The van der Waals surface area contributed by atoms with Crippen molar-refractivity contribution in [2.75, 3.05) is 7.11 Å². The van der Waals surface area contributed by atoms with Crippen molar-refractivity contribution in [1.29, 1.82) is 0 Å². The van der Waals surface area contributed by atoms with Crippen LogP contribution in [0.4, 0.5) is 0 Å². The number of ether oxygens (including phenoxy) is 1. The first-order valence-corrected chi connectivity index (χ1v) is 11.5. The average Bonchev–Trinajstić information content (AvgIpc) is 2.69. The third-order valence-corrected chi connectivity index (χ3v) is 7.79. The zero-order valence-electron chi connectivity index (χ0n) is 17.0. The number of allylic oxidation sites excluding steroid dienone is 2. The standard InChI is InChI=1S/C24H42O/c1-3-4-5-6-19-7-9-20(10-8-19)21-11-13-22(14-12-21)23-15-17-24(25-2)18-16-23/h11,19-20,22-24H,3-10,12-18H2,1-2H3. The molecule has 3 aliphatic rings. The quantitative estimate of drug-likeness (QED) is 0.347. The molecule has 2 fully saturated rings. The van der Waals surface area contributed by atoms with Crippen LogP contribution in [0.1, 0.15) is 103 Å². The third-order valence-electron chi connectivity index (χ3n) is 7.79. The topological polar surface area (TPSA) is 9.23 Å². The summed E-state index contributed by atoms with van der Waals surface area (Å²) in [4.78, 5) is 0. The fraction of sp³-hybridized carbons (Fsp3) is 0.917. The minimum atomic E-state index is 0.554. The third kappa shape index (κ3) is 5.59. The summed E-state index contributed by atoms with van der Waals surface area (Å²) in [5.41, 5.74) is 1.86. The van der Waals surface area contributed by atoms with Gasteiger partial charge in [0.2, 0.25) is 0 Å². The Hall–Kier alpha value is -0.300. The minimum Gasteiger partial charge on any atom is -0.381 e. The van der Waals surface area contributed by atoms with Gasteiger partial charge in [-0.1, -0.05) is 44.3 Å². The molecule has 0 aromatic carbocycles. The van der Waals surface area contributed by atoms with Gasteiger partial charge in [-0.25, -0.2) is 0 Å². The second kappa shape index (κ2) is 10.1. The maximum Gasteiger partial charge on any atom is 0.0571 e.